The van der Waals surface area contributed by atoms with E-state index in [1.54, 1.807) is 12.1 Å². The smallest absolute Gasteiger partial charge is 0.221 e. The summed E-state index contributed by atoms with van der Waals surface area (Å²) in [7, 11) is 0. The number of carbonyl (C=O) groups is 1. The number of benzene rings is 2. The molecule has 4 nitrogen and oxygen atoms in total. The summed E-state index contributed by atoms with van der Waals surface area (Å²) in [5, 5.41) is 16.7. The Hall–Kier alpha value is -1.88. The van der Waals surface area contributed by atoms with E-state index < -0.39 is 6.10 Å². The van der Waals surface area contributed by atoms with Crippen LogP contribution < -0.4 is 10.6 Å². The van der Waals surface area contributed by atoms with Crippen LogP contribution in [0, 0.1) is 0 Å². The van der Waals surface area contributed by atoms with Crippen molar-refractivity contribution in [3.8, 4) is 0 Å². The number of rotatable bonds is 6. The summed E-state index contributed by atoms with van der Waals surface area (Å²) in [4.78, 5) is 10.9. The molecule has 0 aliphatic rings. The second-order valence-corrected chi connectivity index (χ2v) is 5.51. The second kappa shape index (κ2) is 7.94. The Morgan fingerprint density at radius 1 is 1.14 bits per heavy atom. The molecule has 2 aromatic rings. The predicted molar refractivity (Wildman–Crippen MR) is 88.9 cm³/mol. The average molecular weight is 319 g/mol. The fourth-order valence-electron chi connectivity index (χ4n) is 2.07. The Kier molecular flexibility index (Phi) is 5.95. The Labute approximate surface area is 135 Å². The molecular weight excluding hydrogens is 300 g/mol. The van der Waals surface area contributed by atoms with Crippen molar-refractivity contribution in [1.29, 1.82) is 0 Å². The molecule has 0 aliphatic heterocycles. The summed E-state index contributed by atoms with van der Waals surface area (Å²) < 4.78 is 0. The van der Waals surface area contributed by atoms with Crippen LogP contribution in [-0.2, 0) is 11.3 Å². The molecule has 1 atom stereocenters. The van der Waals surface area contributed by atoms with Gasteiger partial charge in [-0.15, -0.1) is 0 Å². The molecule has 0 bridgehead atoms. The van der Waals surface area contributed by atoms with Gasteiger partial charge < -0.3 is 15.7 Å². The zero-order chi connectivity index (χ0) is 15.9. The van der Waals surface area contributed by atoms with Crippen LogP contribution in [0.15, 0.2) is 48.5 Å². The molecule has 0 radical (unpaired) electrons. The lowest BCUT2D eigenvalue weighted by atomic mass is 10.1. The average Bonchev–Trinajstić information content (AvgIpc) is 2.49. The fourth-order valence-corrected chi connectivity index (χ4v) is 2.19. The van der Waals surface area contributed by atoms with Crippen molar-refractivity contribution in [3.05, 3.63) is 64.7 Å². The number of hydrogen-bond acceptors (Lipinski definition) is 3. The van der Waals surface area contributed by atoms with Crippen LogP contribution in [0.3, 0.4) is 0 Å². The molecular formula is C17H19ClN2O2. The topological polar surface area (TPSA) is 61.4 Å². The van der Waals surface area contributed by atoms with E-state index in [0.29, 0.717) is 18.1 Å². The van der Waals surface area contributed by atoms with Crippen LogP contribution in [0.2, 0.25) is 5.02 Å². The van der Waals surface area contributed by atoms with Gasteiger partial charge in [0.1, 0.15) is 0 Å². The van der Waals surface area contributed by atoms with Gasteiger partial charge in [-0.25, -0.2) is 0 Å². The molecule has 0 fully saturated rings. The molecule has 2 rings (SSSR count). The summed E-state index contributed by atoms with van der Waals surface area (Å²) in [6.07, 6.45) is -0.573. The van der Waals surface area contributed by atoms with Crippen LogP contribution in [0.25, 0.3) is 0 Å². The molecule has 0 unspecified atom stereocenters. The highest BCUT2D eigenvalue weighted by atomic mass is 35.5. The van der Waals surface area contributed by atoms with Crippen molar-refractivity contribution in [2.24, 2.45) is 0 Å². The quantitative estimate of drug-likeness (QED) is 0.767. The molecule has 5 heteroatoms. The van der Waals surface area contributed by atoms with Crippen molar-refractivity contribution in [3.63, 3.8) is 0 Å². The van der Waals surface area contributed by atoms with E-state index in [9.17, 15) is 9.90 Å². The lowest BCUT2D eigenvalue weighted by Crippen LogP contribution is -2.21. The van der Waals surface area contributed by atoms with Gasteiger partial charge in [0, 0.05) is 30.7 Å². The van der Waals surface area contributed by atoms with Crippen molar-refractivity contribution >= 4 is 23.2 Å². The first kappa shape index (κ1) is 16.5. The van der Waals surface area contributed by atoms with Crippen LogP contribution in [-0.4, -0.2) is 17.6 Å². The first-order valence-electron chi connectivity index (χ1n) is 7.05. The fraction of sp³-hybridized carbons (Fsp3) is 0.235. The molecule has 0 spiro atoms. The van der Waals surface area contributed by atoms with Crippen LogP contribution >= 0.6 is 11.6 Å². The normalized spacial score (nSPS) is 12.0. The number of aliphatic hydroxyl groups is 1. The number of hydrogen-bond donors (Lipinski definition) is 3. The number of nitrogens with one attached hydrogen (secondary N) is 2. The van der Waals surface area contributed by atoms with Gasteiger partial charge in [0.2, 0.25) is 5.91 Å². The maximum atomic E-state index is 10.9. The third-order valence-corrected chi connectivity index (χ3v) is 3.45. The number of carbonyl (C=O) groups excluding carboxylic acids is 1. The Bertz CT molecular complexity index is 612. The first-order valence-corrected chi connectivity index (χ1v) is 7.43. The monoisotopic (exact) mass is 318 g/mol. The van der Waals surface area contributed by atoms with E-state index in [-0.39, 0.29) is 5.91 Å². The highest BCUT2D eigenvalue weighted by Gasteiger charge is 2.06. The van der Waals surface area contributed by atoms with Gasteiger partial charge in [-0.1, -0.05) is 35.9 Å². The van der Waals surface area contributed by atoms with E-state index >= 15 is 0 Å². The van der Waals surface area contributed by atoms with E-state index in [1.165, 1.54) is 6.92 Å². The van der Waals surface area contributed by atoms with Gasteiger partial charge in [0.05, 0.1) is 6.10 Å². The minimum Gasteiger partial charge on any atom is -0.387 e. The van der Waals surface area contributed by atoms with Crippen molar-refractivity contribution < 1.29 is 9.90 Å². The molecule has 0 saturated carbocycles. The minimum atomic E-state index is -0.573. The van der Waals surface area contributed by atoms with Crippen LogP contribution in [0.4, 0.5) is 5.69 Å². The maximum Gasteiger partial charge on any atom is 0.221 e. The number of halogens is 1. The van der Waals surface area contributed by atoms with Gasteiger partial charge >= 0.3 is 0 Å². The van der Waals surface area contributed by atoms with Gasteiger partial charge in [0.15, 0.2) is 0 Å². The zero-order valence-electron chi connectivity index (χ0n) is 12.3. The largest absolute Gasteiger partial charge is 0.387 e. The molecule has 22 heavy (non-hydrogen) atoms. The van der Waals surface area contributed by atoms with Gasteiger partial charge in [0.25, 0.3) is 0 Å². The number of aliphatic hydroxyl groups excluding tert-OH is 1. The summed E-state index contributed by atoms with van der Waals surface area (Å²) in [6, 6.07) is 14.7. The molecule has 1 amide bonds. The van der Waals surface area contributed by atoms with E-state index in [0.717, 1.165) is 16.8 Å². The molecule has 0 aliphatic carbocycles. The SMILES string of the molecule is CC(=O)Nc1ccc(CNC[C@H](O)c2ccc(Cl)cc2)cc1. The predicted octanol–water partition coefficient (Wildman–Crippen LogP) is 3.12. The summed E-state index contributed by atoms with van der Waals surface area (Å²) in [6.45, 7) is 2.58. The first-order chi connectivity index (χ1) is 10.5. The maximum absolute atomic E-state index is 10.9. The van der Waals surface area contributed by atoms with Gasteiger partial charge in [-0.3, -0.25) is 4.79 Å². The molecule has 0 saturated heterocycles. The Morgan fingerprint density at radius 2 is 1.77 bits per heavy atom. The van der Waals surface area contributed by atoms with Crippen molar-refractivity contribution in [1.82, 2.24) is 5.32 Å². The molecule has 2 aromatic carbocycles. The third kappa shape index (κ3) is 5.15. The van der Waals surface area contributed by atoms with Crippen molar-refractivity contribution in [2.45, 2.75) is 19.6 Å². The summed E-state index contributed by atoms with van der Waals surface area (Å²) in [5.41, 5.74) is 2.69. The van der Waals surface area contributed by atoms with E-state index in [1.807, 2.05) is 36.4 Å². The van der Waals surface area contributed by atoms with E-state index in [4.69, 9.17) is 11.6 Å². The number of anilines is 1. The lowest BCUT2D eigenvalue weighted by Gasteiger charge is -2.12. The molecule has 0 heterocycles. The minimum absolute atomic E-state index is 0.0861. The van der Waals surface area contributed by atoms with Crippen molar-refractivity contribution in [2.75, 3.05) is 11.9 Å². The summed E-state index contributed by atoms with van der Waals surface area (Å²) >= 11 is 5.82. The Morgan fingerprint density at radius 3 is 2.36 bits per heavy atom. The third-order valence-electron chi connectivity index (χ3n) is 3.20. The van der Waals surface area contributed by atoms with Crippen LogP contribution in [0.1, 0.15) is 24.2 Å². The lowest BCUT2D eigenvalue weighted by molar-refractivity contribution is -0.114. The molecule has 0 aromatic heterocycles. The molecule has 116 valence electrons. The molecule has 3 N–H and O–H groups in total. The van der Waals surface area contributed by atoms with Gasteiger partial charge in [-0.2, -0.15) is 0 Å². The van der Waals surface area contributed by atoms with E-state index in [2.05, 4.69) is 10.6 Å². The Balaban J connectivity index is 1.80. The van der Waals surface area contributed by atoms with Crippen LogP contribution in [0.5, 0.6) is 0 Å². The standard InChI is InChI=1S/C17H19ClN2O2/c1-12(21)20-16-8-2-13(3-9-16)10-19-11-17(22)14-4-6-15(18)7-5-14/h2-9,17,19,22H,10-11H2,1H3,(H,20,21)/t17-/m0/s1. The summed E-state index contributed by atoms with van der Waals surface area (Å²) in [5.74, 6) is -0.0861. The zero-order valence-corrected chi connectivity index (χ0v) is 13.1. The highest BCUT2D eigenvalue weighted by molar-refractivity contribution is 6.30. The van der Waals surface area contributed by atoms with Gasteiger partial charge in [-0.05, 0) is 35.4 Å². The second-order valence-electron chi connectivity index (χ2n) is 5.08. The highest BCUT2D eigenvalue weighted by Crippen LogP contribution is 2.16. The number of amides is 1.